The van der Waals surface area contributed by atoms with Gasteiger partial charge in [-0.3, -0.25) is 9.48 Å². The molecule has 5 heteroatoms. The SMILES string of the molecule is CCc1cc(CC)n(CC(=O)c2cc(Cl)ccc2Cl)n1. The van der Waals surface area contributed by atoms with Crippen molar-refractivity contribution in [3.63, 3.8) is 0 Å². The number of carbonyl (C=O) groups is 1. The highest BCUT2D eigenvalue weighted by Crippen LogP contribution is 2.21. The van der Waals surface area contributed by atoms with Crippen LogP contribution in [0.3, 0.4) is 0 Å². The fourth-order valence-corrected chi connectivity index (χ4v) is 2.44. The summed E-state index contributed by atoms with van der Waals surface area (Å²) >= 11 is 12.0. The summed E-state index contributed by atoms with van der Waals surface area (Å²) < 4.78 is 1.75. The van der Waals surface area contributed by atoms with Crippen LogP contribution in [-0.4, -0.2) is 15.6 Å². The van der Waals surface area contributed by atoms with Gasteiger partial charge in [-0.2, -0.15) is 5.10 Å². The van der Waals surface area contributed by atoms with Crippen molar-refractivity contribution < 1.29 is 4.79 Å². The van der Waals surface area contributed by atoms with Gasteiger partial charge >= 0.3 is 0 Å². The van der Waals surface area contributed by atoms with Crippen molar-refractivity contribution in [2.75, 3.05) is 0 Å². The molecule has 0 bridgehead atoms. The van der Waals surface area contributed by atoms with Crippen molar-refractivity contribution >= 4 is 29.0 Å². The van der Waals surface area contributed by atoms with Gasteiger partial charge in [0.1, 0.15) is 6.54 Å². The summed E-state index contributed by atoms with van der Waals surface area (Å²) in [4.78, 5) is 12.3. The van der Waals surface area contributed by atoms with Crippen molar-refractivity contribution in [2.45, 2.75) is 33.2 Å². The van der Waals surface area contributed by atoms with E-state index in [-0.39, 0.29) is 12.3 Å². The molecule has 0 saturated carbocycles. The molecule has 0 spiro atoms. The monoisotopic (exact) mass is 310 g/mol. The van der Waals surface area contributed by atoms with Crippen molar-refractivity contribution in [2.24, 2.45) is 0 Å². The topological polar surface area (TPSA) is 34.9 Å². The lowest BCUT2D eigenvalue weighted by molar-refractivity contribution is 0.0966. The van der Waals surface area contributed by atoms with Gasteiger partial charge < -0.3 is 0 Å². The van der Waals surface area contributed by atoms with Gasteiger partial charge in [-0.1, -0.05) is 37.0 Å². The van der Waals surface area contributed by atoms with Gasteiger partial charge in [-0.25, -0.2) is 0 Å². The standard InChI is InChI=1S/C15H16Cl2N2O/c1-3-11-8-12(4-2)19(18-11)9-15(20)13-7-10(16)5-6-14(13)17/h5-8H,3-4,9H2,1-2H3. The molecule has 0 fully saturated rings. The number of hydrogen-bond acceptors (Lipinski definition) is 2. The number of ketones is 1. The highest BCUT2D eigenvalue weighted by atomic mass is 35.5. The third kappa shape index (κ3) is 3.22. The first-order valence-electron chi connectivity index (χ1n) is 6.59. The number of rotatable bonds is 5. The lowest BCUT2D eigenvalue weighted by Gasteiger charge is -2.07. The van der Waals surface area contributed by atoms with E-state index in [2.05, 4.69) is 5.10 Å². The van der Waals surface area contributed by atoms with E-state index in [1.807, 2.05) is 19.9 Å². The average Bonchev–Trinajstić information content (AvgIpc) is 2.83. The Bertz CT molecular complexity index is 635. The van der Waals surface area contributed by atoms with Crippen LogP contribution in [0.1, 0.15) is 35.6 Å². The minimum Gasteiger partial charge on any atom is -0.292 e. The number of aromatic nitrogens is 2. The molecule has 0 aliphatic rings. The minimum absolute atomic E-state index is 0.0852. The molecule has 2 rings (SSSR count). The molecule has 1 aromatic carbocycles. The first-order valence-corrected chi connectivity index (χ1v) is 7.34. The summed E-state index contributed by atoms with van der Waals surface area (Å²) in [5.74, 6) is -0.0852. The van der Waals surface area contributed by atoms with Crippen molar-refractivity contribution in [1.82, 2.24) is 9.78 Å². The van der Waals surface area contributed by atoms with E-state index in [9.17, 15) is 4.79 Å². The first-order chi connectivity index (χ1) is 9.55. The molecule has 0 N–H and O–H groups in total. The fraction of sp³-hybridized carbons (Fsp3) is 0.333. The smallest absolute Gasteiger partial charge is 0.185 e. The molecular weight excluding hydrogens is 295 g/mol. The van der Waals surface area contributed by atoms with E-state index in [0.29, 0.717) is 15.6 Å². The summed E-state index contributed by atoms with van der Waals surface area (Å²) in [5, 5.41) is 5.36. The predicted octanol–water partition coefficient (Wildman–Crippen LogP) is 4.20. The van der Waals surface area contributed by atoms with Crippen LogP contribution in [0.5, 0.6) is 0 Å². The van der Waals surface area contributed by atoms with Crippen molar-refractivity contribution in [3.8, 4) is 0 Å². The third-order valence-electron chi connectivity index (χ3n) is 3.16. The van der Waals surface area contributed by atoms with E-state index in [4.69, 9.17) is 23.2 Å². The molecule has 106 valence electrons. The number of benzene rings is 1. The van der Waals surface area contributed by atoms with Crippen molar-refractivity contribution in [3.05, 3.63) is 51.3 Å². The zero-order valence-electron chi connectivity index (χ0n) is 11.5. The molecule has 0 radical (unpaired) electrons. The summed E-state index contributed by atoms with van der Waals surface area (Å²) in [6.07, 6.45) is 1.69. The van der Waals surface area contributed by atoms with Gasteiger partial charge in [0.25, 0.3) is 0 Å². The van der Waals surface area contributed by atoms with E-state index in [0.717, 1.165) is 24.2 Å². The second-order valence-electron chi connectivity index (χ2n) is 4.54. The molecule has 0 aliphatic carbocycles. The number of aryl methyl sites for hydroxylation is 2. The summed E-state index contributed by atoms with van der Waals surface area (Å²) in [6, 6.07) is 6.94. The van der Waals surface area contributed by atoms with Gasteiger partial charge in [0, 0.05) is 16.3 Å². The van der Waals surface area contributed by atoms with Crippen LogP contribution < -0.4 is 0 Å². The van der Waals surface area contributed by atoms with E-state index in [1.165, 1.54) is 0 Å². The Morgan fingerprint density at radius 1 is 1.20 bits per heavy atom. The van der Waals surface area contributed by atoms with Crippen LogP contribution >= 0.6 is 23.2 Å². The van der Waals surface area contributed by atoms with Gasteiger partial charge in [-0.15, -0.1) is 0 Å². The Balaban J connectivity index is 2.27. The van der Waals surface area contributed by atoms with E-state index >= 15 is 0 Å². The maximum absolute atomic E-state index is 12.3. The van der Waals surface area contributed by atoms with Gasteiger partial charge in [0.2, 0.25) is 0 Å². The van der Waals surface area contributed by atoms with Crippen molar-refractivity contribution in [1.29, 1.82) is 0 Å². The summed E-state index contributed by atoms with van der Waals surface area (Å²) in [5.41, 5.74) is 2.48. The molecule has 0 amide bonds. The second kappa shape index (κ2) is 6.42. The van der Waals surface area contributed by atoms with Gasteiger partial charge in [0.15, 0.2) is 5.78 Å². The molecule has 2 aromatic rings. The van der Waals surface area contributed by atoms with Crippen LogP contribution in [0.25, 0.3) is 0 Å². The highest BCUT2D eigenvalue weighted by molar-refractivity contribution is 6.35. The number of Topliss-reactive ketones (excluding diaryl/α,β-unsaturated/α-hetero) is 1. The minimum atomic E-state index is -0.0852. The second-order valence-corrected chi connectivity index (χ2v) is 5.38. The Labute approximate surface area is 128 Å². The Hall–Kier alpha value is -1.32. The predicted molar refractivity (Wildman–Crippen MR) is 81.8 cm³/mol. The molecular formula is C15H16Cl2N2O. The first kappa shape index (κ1) is 15.1. The van der Waals surface area contributed by atoms with Crippen LogP contribution in [0.2, 0.25) is 10.0 Å². The van der Waals surface area contributed by atoms with Crippen LogP contribution in [0, 0.1) is 0 Å². The highest BCUT2D eigenvalue weighted by Gasteiger charge is 2.14. The van der Waals surface area contributed by atoms with E-state index < -0.39 is 0 Å². The maximum Gasteiger partial charge on any atom is 0.185 e. The van der Waals surface area contributed by atoms with Crippen LogP contribution in [-0.2, 0) is 19.4 Å². The largest absolute Gasteiger partial charge is 0.292 e. The van der Waals surface area contributed by atoms with Crippen LogP contribution in [0.4, 0.5) is 0 Å². The maximum atomic E-state index is 12.3. The van der Waals surface area contributed by atoms with Gasteiger partial charge in [-0.05, 0) is 37.1 Å². The number of hydrogen-bond donors (Lipinski definition) is 0. The van der Waals surface area contributed by atoms with Gasteiger partial charge in [0.05, 0.1) is 10.7 Å². The quantitative estimate of drug-likeness (QED) is 0.776. The number of halogens is 2. The molecule has 3 nitrogen and oxygen atoms in total. The normalized spacial score (nSPS) is 10.8. The number of carbonyl (C=O) groups excluding carboxylic acids is 1. The molecule has 20 heavy (non-hydrogen) atoms. The molecule has 1 aromatic heterocycles. The van der Waals surface area contributed by atoms with E-state index in [1.54, 1.807) is 22.9 Å². The third-order valence-corrected chi connectivity index (χ3v) is 3.73. The Morgan fingerprint density at radius 3 is 2.60 bits per heavy atom. The molecule has 0 atom stereocenters. The average molecular weight is 311 g/mol. The summed E-state index contributed by atoms with van der Waals surface area (Å²) in [7, 11) is 0. The molecule has 0 saturated heterocycles. The Kier molecular flexibility index (Phi) is 4.84. The molecule has 0 unspecified atom stereocenters. The van der Waals surface area contributed by atoms with Crippen LogP contribution in [0.15, 0.2) is 24.3 Å². The lowest BCUT2D eigenvalue weighted by atomic mass is 10.1. The molecule has 0 aliphatic heterocycles. The fourth-order valence-electron chi connectivity index (χ4n) is 2.04. The zero-order valence-corrected chi connectivity index (χ0v) is 13.0. The Morgan fingerprint density at radius 2 is 1.95 bits per heavy atom. The number of nitrogens with zero attached hydrogens (tertiary/aromatic N) is 2. The summed E-state index contributed by atoms with van der Waals surface area (Å²) in [6.45, 7) is 4.27. The lowest BCUT2D eigenvalue weighted by Crippen LogP contribution is -2.14. The molecule has 1 heterocycles. The zero-order chi connectivity index (χ0) is 14.7.